The average molecular weight is 326 g/mol. The van der Waals surface area contributed by atoms with Crippen molar-refractivity contribution in [1.82, 2.24) is 5.32 Å². The van der Waals surface area contributed by atoms with Crippen LogP contribution in [0.2, 0.25) is 0 Å². The van der Waals surface area contributed by atoms with E-state index < -0.39 is 11.7 Å². The third kappa shape index (κ3) is 4.86. The Bertz CT molecular complexity index is 393. The van der Waals surface area contributed by atoms with Gasteiger partial charge in [0.25, 0.3) is 0 Å². The van der Waals surface area contributed by atoms with Gasteiger partial charge in [-0.2, -0.15) is 13.2 Å². The maximum atomic E-state index is 12.7. The molecule has 6 heteroatoms. The first-order valence-corrected chi connectivity index (χ1v) is 6.33. The summed E-state index contributed by atoms with van der Waals surface area (Å²) in [5, 5.41) is 3.07. The fraction of sp³-hybridized carbons (Fsp3) is 0.500. The lowest BCUT2D eigenvalue weighted by Crippen LogP contribution is -2.27. The van der Waals surface area contributed by atoms with Crippen LogP contribution in [0, 0.1) is 0 Å². The molecule has 102 valence electrons. The van der Waals surface area contributed by atoms with Crippen LogP contribution in [-0.2, 0) is 6.18 Å². The molecule has 0 unspecified atom stereocenters. The first kappa shape index (κ1) is 15.3. The topological polar surface area (TPSA) is 21.3 Å². The number of benzene rings is 1. The molecular weight excluding hydrogens is 311 g/mol. The second-order valence-corrected chi connectivity index (χ2v) is 5.01. The highest BCUT2D eigenvalue weighted by atomic mass is 79.9. The normalized spacial score (nSPS) is 11.9. The molecule has 1 aromatic rings. The molecule has 0 radical (unpaired) electrons. The van der Waals surface area contributed by atoms with Crippen molar-refractivity contribution in [3.8, 4) is 5.75 Å². The van der Waals surface area contributed by atoms with Crippen LogP contribution in [0.3, 0.4) is 0 Å². The summed E-state index contributed by atoms with van der Waals surface area (Å²) in [6, 6.07) is 4.15. The van der Waals surface area contributed by atoms with Gasteiger partial charge in [0, 0.05) is 17.1 Å². The highest BCUT2D eigenvalue weighted by Crippen LogP contribution is 2.37. The number of nitrogens with one attached hydrogen (secondary N) is 1. The number of halogens is 4. The fourth-order valence-corrected chi connectivity index (χ4v) is 1.72. The monoisotopic (exact) mass is 325 g/mol. The quantitative estimate of drug-likeness (QED) is 0.830. The molecule has 1 N–H and O–H groups in total. The van der Waals surface area contributed by atoms with E-state index in [9.17, 15) is 13.2 Å². The van der Waals surface area contributed by atoms with Gasteiger partial charge in [-0.05, 0) is 18.2 Å². The Labute approximate surface area is 113 Å². The Morgan fingerprint density at radius 2 is 2.00 bits per heavy atom. The van der Waals surface area contributed by atoms with Crippen molar-refractivity contribution in [3.63, 3.8) is 0 Å². The molecule has 0 amide bonds. The molecule has 0 fully saturated rings. The predicted molar refractivity (Wildman–Crippen MR) is 67.8 cm³/mol. The minimum atomic E-state index is -4.41. The first-order chi connectivity index (χ1) is 8.30. The second-order valence-electron chi connectivity index (χ2n) is 4.10. The Hall–Kier alpha value is -0.750. The minimum absolute atomic E-state index is 0.142. The van der Waals surface area contributed by atoms with Crippen molar-refractivity contribution >= 4 is 15.9 Å². The zero-order valence-electron chi connectivity index (χ0n) is 10.1. The van der Waals surface area contributed by atoms with Gasteiger partial charge in [-0.25, -0.2) is 0 Å². The number of alkyl halides is 3. The number of ether oxygens (including phenoxy) is 1. The smallest absolute Gasteiger partial charge is 0.420 e. The first-order valence-electron chi connectivity index (χ1n) is 5.53. The van der Waals surface area contributed by atoms with E-state index in [4.69, 9.17) is 4.74 Å². The highest BCUT2D eigenvalue weighted by molar-refractivity contribution is 9.10. The molecule has 0 bridgehead atoms. The van der Waals surface area contributed by atoms with Crippen LogP contribution in [0.5, 0.6) is 5.75 Å². The molecule has 0 aliphatic carbocycles. The van der Waals surface area contributed by atoms with Crippen LogP contribution < -0.4 is 10.1 Å². The van der Waals surface area contributed by atoms with Gasteiger partial charge in [-0.1, -0.05) is 29.8 Å². The maximum Gasteiger partial charge on any atom is 0.420 e. The SMILES string of the molecule is CC(C)NCCOc1ccc(Br)cc1C(F)(F)F. The molecule has 0 spiro atoms. The summed E-state index contributed by atoms with van der Waals surface area (Å²) in [6.45, 7) is 4.62. The molecule has 0 heterocycles. The van der Waals surface area contributed by atoms with E-state index in [1.54, 1.807) is 0 Å². The van der Waals surface area contributed by atoms with Gasteiger partial charge in [0.15, 0.2) is 0 Å². The van der Waals surface area contributed by atoms with Crippen LogP contribution in [0.15, 0.2) is 22.7 Å². The molecule has 0 saturated heterocycles. The van der Waals surface area contributed by atoms with Crippen molar-refractivity contribution in [2.45, 2.75) is 26.1 Å². The summed E-state index contributed by atoms with van der Waals surface area (Å²) in [7, 11) is 0. The van der Waals surface area contributed by atoms with Crippen LogP contribution in [0.25, 0.3) is 0 Å². The number of rotatable bonds is 5. The third-order valence-corrected chi connectivity index (χ3v) is 2.65. The molecule has 0 aromatic heterocycles. The molecule has 18 heavy (non-hydrogen) atoms. The number of hydrogen-bond acceptors (Lipinski definition) is 2. The molecule has 0 atom stereocenters. The maximum absolute atomic E-state index is 12.7. The standard InChI is InChI=1S/C12H15BrF3NO/c1-8(2)17-5-6-18-11-4-3-9(13)7-10(11)12(14,15)16/h3-4,7-8,17H,5-6H2,1-2H3. The summed E-state index contributed by atoms with van der Waals surface area (Å²) in [4.78, 5) is 0. The van der Waals surface area contributed by atoms with Gasteiger partial charge in [-0.3, -0.25) is 0 Å². The molecular formula is C12H15BrF3NO. The van der Waals surface area contributed by atoms with Gasteiger partial charge >= 0.3 is 6.18 Å². The van der Waals surface area contributed by atoms with Gasteiger partial charge in [0.2, 0.25) is 0 Å². The summed E-state index contributed by atoms with van der Waals surface area (Å²) in [5.74, 6) is -0.142. The predicted octanol–water partition coefficient (Wildman–Crippen LogP) is 3.84. The van der Waals surface area contributed by atoms with E-state index in [0.29, 0.717) is 11.0 Å². The summed E-state index contributed by atoms with van der Waals surface area (Å²) < 4.78 is 43.8. The number of hydrogen-bond donors (Lipinski definition) is 1. The summed E-state index contributed by atoms with van der Waals surface area (Å²) in [6.07, 6.45) is -4.41. The van der Waals surface area contributed by atoms with Crippen molar-refractivity contribution in [1.29, 1.82) is 0 Å². The van der Waals surface area contributed by atoms with Crippen molar-refractivity contribution in [2.75, 3.05) is 13.2 Å². The Morgan fingerprint density at radius 3 is 2.56 bits per heavy atom. The molecule has 0 aliphatic rings. The van der Waals surface area contributed by atoms with Crippen LogP contribution in [-0.4, -0.2) is 19.2 Å². The molecule has 2 nitrogen and oxygen atoms in total. The zero-order chi connectivity index (χ0) is 13.8. The molecule has 0 aliphatic heterocycles. The minimum Gasteiger partial charge on any atom is -0.492 e. The average Bonchev–Trinajstić information content (AvgIpc) is 2.24. The van der Waals surface area contributed by atoms with Crippen LogP contribution in [0.4, 0.5) is 13.2 Å². The van der Waals surface area contributed by atoms with Crippen LogP contribution >= 0.6 is 15.9 Å². The Kier molecular flexibility index (Phi) is 5.47. The molecule has 1 aromatic carbocycles. The fourth-order valence-electron chi connectivity index (χ4n) is 1.36. The van der Waals surface area contributed by atoms with E-state index in [1.165, 1.54) is 12.1 Å². The van der Waals surface area contributed by atoms with Gasteiger partial charge in [0.05, 0.1) is 5.56 Å². The largest absolute Gasteiger partial charge is 0.492 e. The summed E-state index contributed by atoms with van der Waals surface area (Å²) >= 11 is 3.02. The van der Waals surface area contributed by atoms with Crippen molar-refractivity contribution in [2.24, 2.45) is 0 Å². The molecule has 0 saturated carbocycles. The van der Waals surface area contributed by atoms with Crippen molar-refractivity contribution < 1.29 is 17.9 Å². The van der Waals surface area contributed by atoms with E-state index in [0.717, 1.165) is 6.07 Å². The Morgan fingerprint density at radius 1 is 1.33 bits per heavy atom. The van der Waals surface area contributed by atoms with Gasteiger partial charge in [0.1, 0.15) is 12.4 Å². The van der Waals surface area contributed by atoms with Gasteiger partial charge in [-0.15, -0.1) is 0 Å². The summed E-state index contributed by atoms with van der Waals surface area (Å²) in [5.41, 5.74) is -0.763. The zero-order valence-corrected chi connectivity index (χ0v) is 11.7. The van der Waals surface area contributed by atoms with E-state index in [2.05, 4.69) is 21.2 Å². The van der Waals surface area contributed by atoms with Crippen LogP contribution in [0.1, 0.15) is 19.4 Å². The van der Waals surface area contributed by atoms with E-state index in [-0.39, 0.29) is 18.4 Å². The van der Waals surface area contributed by atoms with E-state index in [1.807, 2.05) is 13.8 Å². The lowest BCUT2D eigenvalue weighted by molar-refractivity contribution is -0.139. The third-order valence-electron chi connectivity index (χ3n) is 2.16. The van der Waals surface area contributed by atoms with Crippen molar-refractivity contribution in [3.05, 3.63) is 28.2 Å². The van der Waals surface area contributed by atoms with Gasteiger partial charge < -0.3 is 10.1 Å². The Balaban J connectivity index is 2.70. The second kappa shape index (κ2) is 6.43. The van der Waals surface area contributed by atoms with E-state index >= 15 is 0 Å². The lowest BCUT2D eigenvalue weighted by atomic mass is 10.2. The molecule has 1 rings (SSSR count). The highest BCUT2D eigenvalue weighted by Gasteiger charge is 2.34. The lowest BCUT2D eigenvalue weighted by Gasteiger charge is -2.15.